The van der Waals surface area contributed by atoms with Gasteiger partial charge >= 0.3 is 0 Å². The predicted octanol–water partition coefficient (Wildman–Crippen LogP) is 2.52. The molecule has 0 atom stereocenters. The van der Waals surface area contributed by atoms with E-state index >= 15 is 0 Å². The molecule has 0 saturated carbocycles. The van der Waals surface area contributed by atoms with Crippen LogP contribution in [-0.2, 0) is 0 Å². The molecule has 20 heavy (non-hydrogen) atoms. The van der Waals surface area contributed by atoms with Crippen LogP contribution in [0.25, 0.3) is 5.69 Å². The number of aromatic nitrogens is 3. The molecule has 2 aromatic heterocycles. The lowest BCUT2D eigenvalue weighted by atomic mass is 10.2. The van der Waals surface area contributed by atoms with Gasteiger partial charge in [-0.3, -0.25) is 9.78 Å². The number of carbonyl (C=O) groups is 1. The zero-order valence-corrected chi connectivity index (χ0v) is 10.6. The van der Waals surface area contributed by atoms with Crippen LogP contribution >= 0.6 is 0 Å². The van der Waals surface area contributed by atoms with Gasteiger partial charge in [0, 0.05) is 36.2 Å². The Kier molecular flexibility index (Phi) is 3.24. The third-order valence-electron chi connectivity index (χ3n) is 2.85. The maximum absolute atomic E-state index is 12.0. The molecule has 0 spiro atoms. The molecule has 0 bridgehead atoms. The molecule has 1 amide bonds. The normalized spacial score (nSPS) is 10.2. The van der Waals surface area contributed by atoms with Crippen molar-refractivity contribution in [3.05, 3.63) is 73.1 Å². The molecule has 0 radical (unpaired) electrons. The lowest BCUT2D eigenvalue weighted by Gasteiger charge is -2.06. The van der Waals surface area contributed by atoms with Crippen LogP contribution in [-0.4, -0.2) is 20.4 Å². The van der Waals surface area contributed by atoms with Crippen molar-refractivity contribution in [2.45, 2.75) is 0 Å². The molecule has 3 aromatic rings. The summed E-state index contributed by atoms with van der Waals surface area (Å²) in [5.74, 6) is -0.173. The molecular formula is C15H12N4O. The van der Waals surface area contributed by atoms with E-state index in [-0.39, 0.29) is 5.91 Å². The fraction of sp³-hybridized carbons (Fsp3) is 0. The van der Waals surface area contributed by atoms with Gasteiger partial charge in [-0.25, -0.2) is 4.98 Å². The molecule has 3 rings (SSSR count). The van der Waals surface area contributed by atoms with E-state index < -0.39 is 0 Å². The Hall–Kier alpha value is -2.95. The smallest absolute Gasteiger partial charge is 0.257 e. The average Bonchev–Trinajstić information content (AvgIpc) is 3.03. The molecule has 0 fully saturated rings. The Balaban J connectivity index is 1.74. The van der Waals surface area contributed by atoms with Crippen LogP contribution < -0.4 is 5.32 Å². The van der Waals surface area contributed by atoms with E-state index in [4.69, 9.17) is 0 Å². The van der Waals surface area contributed by atoms with E-state index in [9.17, 15) is 4.79 Å². The SMILES string of the molecule is O=C(Nc1ccc(-n2ccnc2)cc1)c1cccnc1. The molecule has 0 aliphatic carbocycles. The zero-order valence-electron chi connectivity index (χ0n) is 10.6. The number of anilines is 1. The first-order valence-electron chi connectivity index (χ1n) is 6.13. The number of carbonyl (C=O) groups excluding carboxylic acids is 1. The van der Waals surface area contributed by atoms with Gasteiger partial charge in [0.05, 0.1) is 11.9 Å². The van der Waals surface area contributed by atoms with Crippen LogP contribution in [0.3, 0.4) is 0 Å². The molecule has 98 valence electrons. The average molecular weight is 264 g/mol. The van der Waals surface area contributed by atoms with Crippen molar-refractivity contribution in [1.82, 2.24) is 14.5 Å². The Morgan fingerprint density at radius 2 is 1.90 bits per heavy atom. The van der Waals surface area contributed by atoms with Gasteiger partial charge in [-0.2, -0.15) is 0 Å². The maximum atomic E-state index is 12.0. The first-order chi connectivity index (χ1) is 9.83. The van der Waals surface area contributed by atoms with Crippen LogP contribution in [0.15, 0.2) is 67.5 Å². The number of pyridine rings is 1. The van der Waals surface area contributed by atoms with Gasteiger partial charge in [-0.15, -0.1) is 0 Å². The van der Waals surface area contributed by atoms with Crippen LogP contribution in [0.1, 0.15) is 10.4 Å². The minimum atomic E-state index is -0.173. The molecule has 1 aromatic carbocycles. The molecule has 5 nitrogen and oxygen atoms in total. The highest BCUT2D eigenvalue weighted by atomic mass is 16.1. The summed E-state index contributed by atoms with van der Waals surface area (Å²) in [5, 5.41) is 2.83. The van der Waals surface area contributed by atoms with E-state index in [1.54, 1.807) is 30.9 Å². The summed E-state index contributed by atoms with van der Waals surface area (Å²) >= 11 is 0. The molecule has 5 heteroatoms. The molecular weight excluding hydrogens is 252 g/mol. The van der Waals surface area contributed by atoms with Crippen molar-refractivity contribution in [1.29, 1.82) is 0 Å². The number of rotatable bonds is 3. The van der Waals surface area contributed by atoms with E-state index in [1.807, 2.05) is 35.0 Å². The summed E-state index contributed by atoms with van der Waals surface area (Å²) in [5.41, 5.74) is 2.26. The van der Waals surface area contributed by atoms with Crippen LogP contribution in [0.2, 0.25) is 0 Å². The zero-order chi connectivity index (χ0) is 13.8. The van der Waals surface area contributed by atoms with Crippen LogP contribution in [0, 0.1) is 0 Å². The predicted molar refractivity (Wildman–Crippen MR) is 75.8 cm³/mol. The largest absolute Gasteiger partial charge is 0.322 e. The van der Waals surface area contributed by atoms with E-state index in [1.165, 1.54) is 6.20 Å². The standard InChI is InChI=1S/C15H12N4O/c20-15(12-2-1-7-16-10-12)18-13-3-5-14(6-4-13)19-9-8-17-11-19/h1-11H,(H,18,20). The van der Waals surface area contributed by atoms with Crippen molar-refractivity contribution < 1.29 is 4.79 Å². The Morgan fingerprint density at radius 1 is 1.05 bits per heavy atom. The van der Waals surface area contributed by atoms with Gasteiger partial charge in [0.15, 0.2) is 0 Å². The van der Waals surface area contributed by atoms with Crippen molar-refractivity contribution in [2.75, 3.05) is 5.32 Å². The number of amides is 1. The number of nitrogens with zero attached hydrogens (tertiary/aromatic N) is 3. The number of nitrogens with one attached hydrogen (secondary N) is 1. The molecule has 0 aliphatic rings. The number of benzene rings is 1. The van der Waals surface area contributed by atoms with E-state index in [0.717, 1.165) is 11.4 Å². The second-order valence-electron chi connectivity index (χ2n) is 4.21. The quantitative estimate of drug-likeness (QED) is 0.790. The second kappa shape index (κ2) is 5.36. The number of imidazole rings is 1. The van der Waals surface area contributed by atoms with Crippen molar-refractivity contribution in [2.24, 2.45) is 0 Å². The molecule has 0 saturated heterocycles. The van der Waals surface area contributed by atoms with Crippen molar-refractivity contribution >= 4 is 11.6 Å². The van der Waals surface area contributed by atoms with E-state index in [0.29, 0.717) is 5.56 Å². The molecule has 0 unspecified atom stereocenters. The minimum absolute atomic E-state index is 0.173. The van der Waals surface area contributed by atoms with Crippen LogP contribution in [0.4, 0.5) is 5.69 Å². The third kappa shape index (κ3) is 2.56. The highest BCUT2D eigenvalue weighted by molar-refractivity contribution is 6.04. The fourth-order valence-electron chi connectivity index (χ4n) is 1.83. The molecule has 2 heterocycles. The summed E-state index contributed by atoms with van der Waals surface area (Å²) < 4.78 is 1.90. The number of hydrogen-bond acceptors (Lipinski definition) is 3. The summed E-state index contributed by atoms with van der Waals surface area (Å²) in [6.45, 7) is 0. The van der Waals surface area contributed by atoms with Crippen molar-refractivity contribution in [3.8, 4) is 5.69 Å². The first kappa shape index (κ1) is 12.1. The van der Waals surface area contributed by atoms with Gasteiger partial charge in [0.25, 0.3) is 5.91 Å². The van der Waals surface area contributed by atoms with Crippen LogP contribution in [0.5, 0.6) is 0 Å². The summed E-state index contributed by atoms with van der Waals surface area (Å²) in [6.07, 6.45) is 8.48. The van der Waals surface area contributed by atoms with E-state index in [2.05, 4.69) is 15.3 Å². The third-order valence-corrected chi connectivity index (χ3v) is 2.85. The van der Waals surface area contributed by atoms with Gasteiger partial charge in [-0.05, 0) is 36.4 Å². The highest BCUT2D eigenvalue weighted by Gasteiger charge is 2.05. The lowest BCUT2D eigenvalue weighted by Crippen LogP contribution is -2.11. The number of hydrogen-bond donors (Lipinski definition) is 1. The topological polar surface area (TPSA) is 59.8 Å². The minimum Gasteiger partial charge on any atom is -0.322 e. The molecule has 1 N–H and O–H groups in total. The highest BCUT2D eigenvalue weighted by Crippen LogP contribution is 2.14. The summed E-state index contributed by atoms with van der Waals surface area (Å²) in [6, 6.07) is 11.0. The Labute approximate surface area is 115 Å². The Bertz CT molecular complexity index is 691. The maximum Gasteiger partial charge on any atom is 0.257 e. The van der Waals surface area contributed by atoms with Gasteiger partial charge in [0.1, 0.15) is 0 Å². The summed E-state index contributed by atoms with van der Waals surface area (Å²) in [4.78, 5) is 19.9. The van der Waals surface area contributed by atoms with Gasteiger partial charge < -0.3 is 9.88 Å². The lowest BCUT2D eigenvalue weighted by molar-refractivity contribution is 0.102. The molecule has 0 aliphatic heterocycles. The monoisotopic (exact) mass is 264 g/mol. The van der Waals surface area contributed by atoms with Gasteiger partial charge in [-0.1, -0.05) is 0 Å². The Morgan fingerprint density at radius 3 is 2.55 bits per heavy atom. The first-order valence-corrected chi connectivity index (χ1v) is 6.13. The fourth-order valence-corrected chi connectivity index (χ4v) is 1.83. The second-order valence-corrected chi connectivity index (χ2v) is 4.21. The van der Waals surface area contributed by atoms with Crippen molar-refractivity contribution in [3.63, 3.8) is 0 Å². The van der Waals surface area contributed by atoms with Gasteiger partial charge in [0.2, 0.25) is 0 Å². The summed E-state index contributed by atoms with van der Waals surface area (Å²) in [7, 11) is 0.